The van der Waals surface area contributed by atoms with E-state index < -0.39 is 11.6 Å². The topological polar surface area (TPSA) is 54.7 Å². The minimum absolute atomic E-state index is 0.0307. The molecule has 2 aromatic rings. The van der Waals surface area contributed by atoms with Crippen LogP contribution >= 0.6 is 11.6 Å². The van der Waals surface area contributed by atoms with Gasteiger partial charge in [0.15, 0.2) is 0 Å². The standard InChI is InChI=1S/C9H6ClF2N3/c10-6-2-7(11)4(1-8(6)12)5-3-14-15-9(5)13/h1-3H,(H3,13,14,15). The van der Waals surface area contributed by atoms with Crippen molar-refractivity contribution in [3.8, 4) is 11.1 Å². The Balaban J connectivity index is 2.64. The van der Waals surface area contributed by atoms with Gasteiger partial charge in [-0.15, -0.1) is 0 Å². The molecule has 3 nitrogen and oxygen atoms in total. The first-order chi connectivity index (χ1) is 7.09. The van der Waals surface area contributed by atoms with Crippen molar-refractivity contribution in [1.29, 1.82) is 0 Å². The third kappa shape index (κ3) is 1.66. The van der Waals surface area contributed by atoms with Crippen LogP contribution in [0.3, 0.4) is 0 Å². The average Bonchev–Trinajstić information content (AvgIpc) is 2.58. The van der Waals surface area contributed by atoms with E-state index in [9.17, 15) is 8.78 Å². The number of hydrogen-bond donors (Lipinski definition) is 2. The fourth-order valence-corrected chi connectivity index (χ4v) is 1.39. The molecule has 1 heterocycles. The first kappa shape index (κ1) is 9.92. The van der Waals surface area contributed by atoms with Crippen molar-refractivity contribution in [2.75, 3.05) is 5.73 Å². The first-order valence-electron chi connectivity index (χ1n) is 4.03. The van der Waals surface area contributed by atoms with Gasteiger partial charge < -0.3 is 5.73 Å². The highest BCUT2D eigenvalue weighted by Gasteiger charge is 2.13. The number of nitrogens with zero attached hydrogens (tertiary/aromatic N) is 1. The Kier molecular flexibility index (Phi) is 2.32. The Morgan fingerprint density at radius 2 is 1.93 bits per heavy atom. The highest BCUT2D eigenvalue weighted by molar-refractivity contribution is 6.30. The molecule has 0 aliphatic rings. The summed E-state index contributed by atoms with van der Waals surface area (Å²) in [6.07, 6.45) is 1.32. The minimum Gasteiger partial charge on any atom is -0.384 e. The van der Waals surface area contributed by atoms with Gasteiger partial charge in [0.2, 0.25) is 0 Å². The number of halogens is 3. The van der Waals surface area contributed by atoms with Gasteiger partial charge in [-0.2, -0.15) is 5.10 Å². The van der Waals surface area contributed by atoms with E-state index in [1.165, 1.54) is 6.20 Å². The van der Waals surface area contributed by atoms with Crippen LogP contribution in [0.15, 0.2) is 18.3 Å². The molecule has 3 N–H and O–H groups in total. The van der Waals surface area contributed by atoms with Crippen LogP contribution in [0.4, 0.5) is 14.6 Å². The van der Waals surface area contributed by atoms with E-state index in [-0.39, 0.29) is 16.4 Å². The van der Waals surface area contributed by atoms with E-state index in [2.05, 4.69) is 10.2 Å². The molecule has 0 aliphatic heterocycles. The number of rotatable bonds is 1. The summed E-state index contributed by atoms with van der Waals surface area (Å²) in [5.74, 6) is -1.17. The van der Waals surface area contributed by atoms with Gasteiger partial charge in [0.1, 0.15) is 17.5 Å². The molecular formula is C9H6ClF2N3. The number of aromatic amines is 1. The fraction of sp³-hybridized carbons (Fsp3) is 0. The summed E-state index contributed by atoms with van der Waals surface area (Å²) in [5.41, 5.74) is 5.83. The van der Waals surface area contributed by atoms with Crippen molar-refractivity contribution in [2.24, 2.45) is 0 Å². The lowest BCUT2D eigenvalue weighted by Crippen LogP contribution is -1.91. The van der Waals surface area contributed by atoms with Gasteiger partial charge in [0.25, 0.3) is 0 Å². The molecule has 1 aromatic carbocycles. The van der Waals surface area contributed by atoms with Crippen LogP contribution in [0.1, 0.15) is 0 Å². The van der Waals surface area contributed by atoms with Gasteiger partial charge in [0.05, 0.1) is 11.2 Å². The Morgan fingerprint density at radius 1 is 1.20 bits per heavy atom. The third-order valence-electron chi connectivity index (χ3n) is 1.97. The normalized spacial score (nSPS) is 10.6. The van der Waals surface area contributed by atoms with E-state index in [1.54, 1.807) is 0 Å². The van der Waals surface area contributed by atoms with Crippen molar-refractivity contribution in [3.05, 3.63) is 35.0 Å². The SMILES string of the molecule is Nc1[nH]ncc1-c1cc(F)c(Cl)cc1F. The Hall–Kier alpha value is -1.62. The lowest BCUT2D eigenvalue weighted by Gasteiger charge is -2.03. The van der Waals surface area contributed by atoms with E-state index in [1.807, 2.05) is 0 Å². The number of nitrogen functional groups attached to an aromatic ring is 1. The highest BCUT2D eigenvalue weighted by atomic mass is 35.5. The van der Waals surface area contributed by atoms with Crippen molar-refractivity contribution in [2.45, 2.75) is 0 Å². The van der Waals surface area contributed by atoms with Crippen LogP contribution < -0.4 is 5.73 Å². The molecule has 15 heavy (non-hydrogen) atoms. The zero-order valence-corrected chi connectivity index (χ0v) is 8.15. The molecule has 78 valence electrons. The van der Waals surface area contributed by atoms with Gasteiger partial charge in [0, 0.05) is 11.1 Å². The molecule has 6 heteroatoms. The average molecular weight is 230 g/mol. The Morgan fingerprint density at radius 3 is 2.53 bits per heavy atom. The van der Waals surface area contributed by atoms with Crippen LogP contribution in [-0.4, -0.2) is 10.2 Å². The second kappa shape index (κ2) is 3.51. The quantitative estimate of drug-likeness (QED) is 0.739. The summed E-state index contributed by atoms with van der Waals surface area (Å²) >= 11 is 5.42. The van der Waals surface area contributed by atoms with Gasteiger partial charge in [-0.3, -0.25) is 5.10 Å². The predicted octanol–water partition coefficient (Wildman–Crippen LogP) is 2.59. The fourth-order valence-electron chi connectivity index (χ4n) is 1.24. The van der Waals surface area contributed by atoms with Crippen molar-refractivity contribution in [1.82, 2.24) is 10.2 Å². The molecule has 0 aliphatic carbocycles. The molecule has 0 saturated carbocycles. The van der Waals surface area contributed by atoms with E-state index >= 15 is 0 Å². The molecule has 0 unspecified atom stereocenters. The zero-order chi connectivity index (χ0) is 11.0. The maximum Gasteiger partial charge on any atom is 0.142 e. The highest BCUT2D eigenvalue weighted by Crippen LogP contribution is 2.29. The molecule has 0 fully saturated rings. The van der Waals surface area contributed by atoms with Crippen molar-refractivity contribution >= 4 is 17.4 Å². The van der Waals surface area contributed by atoms with E-state index in [4.69, 9.17) is 17.3 Å². The summed E-state index contributed by atoms with van der Waals surface area (Å²) < 4.78 is 26.5. The van der Waals surface area contributed by atoms with Gasteiger partial charge in [-0.05, 0) is 12.1 Å². The minimum atomic E-state index is -0.700. The molecular weight excluding hydrogens is 224 g/mol. The second-order valence-electron chi connectivity index (χ2n) is 2.94. The molecule has 0 saturated heterocycles. The number of benzene rings is 1. The largest absolute Gasteiger partial charge is 0.384 e. The third-order valence-corrected chi connectivity index (χ3v) is 2.26. The van der Waals surface area contributed by atoms with Crippen molar-refractivity contribution < 1.29 is 8.78 Å². The number of H-pyrrole nitrogens is 1. The summed E-state index contributed by atoms with van der Waals surface area (Å²) in [4.78, 5) is 0. The first-order valence-corrected chi connectivity index (χ1v) is 4.41. The van der Waals surface area contributed by atoms with E-state index in [0.717, 1.165) is 12.1 Å². The molecule has 0 spiro atoms. The van der Waals surface area contributed by atoms with Crippen LogP contribution in [0.5, 0.6) is 0 Å². The number of hydrogen-bond acceptors (Lipinski definition) is 2. The van der Waals surface area contributed by atoms with Gasteiger partial charge in [-0.25, -0.2) is 8.78 Å². The molecule has 0 bridgehead atoms. The lowest BCUT2D eigenvalue weighted by atomic mass is 10.1. The van der Waals surface area contributed by atoms with Crippen molar-refractivity contribution in [3.63, 3.8) is 0 Å². The maximum absolute atomic E-state index is 13.4. The number of aromatic nitrogens is 2. The number of anilines is 1. The maximum atomic E-state index is 13.4. The summed E-state index contributed by atoms with van der Waals surface area (Å²) in [6.45, 7) is 0. The summed E-state index contributed by atoms with van der Waals surface area (Å²) in [6, 6.07) is 1.89. The monoisotopic (exact) mass is 229 g/mol. The smallest absolute Gasteiger partial charge is 0.142 e. The zero-order valence-electron chi connectivity index (χ0n) is 7.39. The van der Waals surface area contributed by atoms with Crippen LogP contribution in [0.25, 0.3) is 11.1 Å². The van der Waals surface area contributed by atoms with Gasteiger partial charge in [-0.1, -0.05) is 11.6 Å². The van der Waals surface area contributed by atoms with Gasteiger partial charge >= 0.3 is 0 Å². The van der Waals surface area contributed by atoms with Crippen LogP contribution in [0, 0.1) is 11.6 Å². The Labute approximate surface area is 88.9 Å². The second-order valence-corrected chi connectivity index (χ2v) is 3.35. The predicted molar refractivity (Wildman–Crippen MR) is 53.4 cm³/mol. The molecule has 0 atom stereocenters. The number of nitrogens with one attached hydrogen (secondary N) is 1. The van der Waals surface area contributed by atoms with Crippen LogP contribution in [-0.2, 0) is 0 Å². The Bertz CT molecular complexity index is 510. The van der Waals surface area contributed by atoms with Crippen LogP contribution in [0.2, 0.25) is 5.02 Å². The summed E-state index contributed by atoms with van der Waals surface area (Å²) in [5, 5.41) is 5.79. The number of nitrogens with two attached hydrogens (primary N) is 1. The lowest BCUT2D eigenvalue weighted by molar-refractivity contribution is 0.603. The van der Waals surface area contributed by atoms with E-state index in [0.29, 0.717) is 5.56 Å². The molecule has 0 amide bonds. The summed E-state index contributed by atoms with van der Waals surface area (Å²) in [7, 11) is 0. The molecule has 1 aromatic heterocycles. The molecule has 2 rings (SSSR count). The molecule has 0 radical (unpaired) electrons.